The molecule has 21 heavy (non-hydrogen) atoms. The molecule has 2 rings (SSSR count). The van der Waals surface area contributed by atoms with Gasteiger partial charge in [0.1, 0.15) is 5.75 Å². The van der Waals surface area contributed by atoms with Gasteiger partial charge in [-0.1, -0.05) is 41.4 Å². The highest BCUT2D eigenvalue weighted by molar-refractivity contribution is 6.42. The first-order chi connectivity index (χ1) is 10.1. The first-order valence-electron chi connectivity index (χ1n) is 6.54. The minimum Gasteiger partial charge on any atom is -0.497 e. The summed E-state index contributed by atoms with van der Waals surface area (Å²) in [5, 5.41) is 11.4. The van der Waals surface area contributed by atoms with Crippen LogP contribution in [0.2, 0.25) is 10.0 Å². The molecule has 2 aromatic rings. The minimum absolute atomic E-state index is 0.229. The van der Waals surface area contributed by atoms with Crippen molar-refractivity contribution in [2.24, 2.45) is 5.73 Å². The van der Waals surface area contributed by atoms with E-state index in [1.165, 1.54) is 0 Å². The standard InChI is InChI=1S/C16H17Cl2NO2/c1-21-12-5-2-10(3-6-12)13(9-19)16(20)11-4-7-14(17)15(18)8-11/h2-8,13,16,20H,9,19H2,1H3. The Morgan fingerprint density at radius 1 is 1.05 bits per heavy atom. The van der Waals surface area contributed by atoms with Crippen LogP contribution in [0.4, 0.5) is 0 Å². The summed E-state index contributed by atoms with van der Waals surface area (Å²) in [4.78, 5) is 0. The molecule has 0 saturated carbocycles. The van der Waals surface area contributed by atoms with E-state index in [-0.39, 0.29) is 5.92 Å². The molecule has 0 aliphatic heterocycles. The largest absolute Gasteiger partial charge is 0.497 e. The number of aliphatic hydroxyl groups is 1. The van der Waals surface area contributed by atoms with Crippen LogP contribution in [0.25, 0.3) is 0 Å². The lowest BCUT2D eigenvalue weighted by atomic mass is 9.89. The van der Waals surface area contributed by atoms with Crippen LogP contribution in [0.15, 0.2) is 42.5 Å². The van der Waals surface area contributed by atoms with Gasteiger partial charge in [0.2, 0.25) is 0 Å². The number of methoxy groups -OCH3 is 1. The normalized spacial score (nSPS) is 13.8. The fourth-order valence-corrected chi connectivity index (χ4v) is 2.53. The molecule has 5 heteroatoms. The number of hydrogen-bond donors (Lipinski definition) is 2. The van der Waals surface area contributed by atoms with Crippen LogP contribution >= 0.6 is 23.2 Å². The maximum Gasteiger partial charge on any atom is 0.118 e. The molecule has 2 unspecified atom stereocenters. The van der Waals surface area contributed by atoms with Gasteiger partial charge in [0.15, 0.2) is 0 Å². The Morgan fingerprint density at radius 2 is 1.67 bits per heavy atom. The Hall–Kier alpha value is -1.26. The zero-order valence-corrected chi connectivity index (χ0v) is 13.1. The highest BCUT2D eigenvalue weighted by Gasteiger charge is 2.22. The molecule has 0 bridgehead atoms. The van der Waals surface area contributed by atoms with E-state index in [2.05, 4.69) is 0 Å². The second-order valence-corrected chi connectivity index (χ2v) is 5.55. The van der Waals surface area contributed by atoms with Crippen molar-refractivity contribution in [3.05, 3.63) is 63.6 Å². The molecule has 2 aromatic carbocycles. The summed E-state index contributed by atoms with van der Waals surface area (Å²) in [6, 6.07) is 12.6. The van der Waals surface area contributed by atoms with Gasteiger partial charge in [0, 0.05) is 12.5 Å². The van der Waals surface area contributed by atoms with Crippen molar-refractivity contribution in [2.75, 3.05) is 13.7 Å². The van der Waals surface area contributed by atoms with Gasteiger partial charge < -0.3 is 15.6 Å². The van der Waals surface area contributed by atoms with Crippen LogP contribution in [-0.4, -0.2) is 18.8 Å². The zero-order valence-electron chi connectivity index (χ0n) is 11.6. The molecule has 112 valence electrons. The molecule has 0 spiro atoms. The SMILES string of the molecule is COc1ccc(C(CN)C(O)c2ccc(Cl)c(Cl)c2)cc1. The minimum atomic E-state index is -0.752. The molecule has 0 heterocycles. The summed E-state index contributed by atoms with van der Waals surface area (Å²) in [6.07, 6.45) is -0.752. The molecular formula is C16H17Cl2NO2. The van der Waals surface area contributed by atoms with E-state index in [0.29, 0.717) is 22.2 Å². The van der Waals surface area contributed by atoms with Crippen LogP contribution in [0.3, 0.4) is 0 Å². The Bertz CT molecular complexity index is 602. The lowest BCUT2D eigenvalue weighted by molar-refractivity contribution is 0.147. The number of nitrogens with two attached hydrogens (primary N) is 1. The first-order valence-corrected chi connectivity index (χ1v) is 7.29. The van der Waals surface area contributed by atoms with Crippen LogP contribution in [-0.2, 0) is 0 Å². The summed E-state index contributed by atoms with van der Waals surface area (Å²) < 4.78 is 5.13. The van der Waals surface area contributed by atoms with Crippen molar-refractivity contribution in [3.63, 3.8) is 0 Å². The Labute approximate surface area is 134 Å². The van der Waals surface area contributed by atoms with Gasteiger partial charge >= 0.3 is 0 Å². The molecule has 0 radical (unpaired) electrons. The van der Waals surface area contributed by atoms with Crippen LogP contribution < -0.4 is 10.5 Å². The van der Waals surface area contributed by atoms with E-state index in [1.807, 2.05) is 24.3 Å². The fraction of sp³-hybridized carbons (Fsp3) is 0.250. The van der Waals surface area contributed by atoms with Crippen LogP contribution in [0.1, 0.15) is 23.1 Å². The molecule has 0 amide bonds. The van der Waals surface area contributed by atoms with E-state index >= 15 is 0 Å². The summed E-state index contributed by atoms with van der Waals surface area (Å²) in [7, 11) is 1.61. The van der Waals surface area contributed by atoms with E-state index in [9.17, 15) is 5.11 Å². The van der Waals surface area contributed by atoms with Gasteiger partial charge in [-0.25, -0.2) is 0 Å². The highest BCUT2D eigenvalue weighted by Crippen LogP contribution is 2.33. The Kier molecular flexibility index (Phi) is 5.48. The second kappa shape index (κ2) is 7.14. The molecule has 3 N–H and O–H groups in total. The number of rotatable bonds is 5. The monoisotopic (exact) mass is 325 g/mol. The number of ether oxygens (including phenoxy) is 1. The molecule has 0 fully saturated rings. The van der Waals surface area contributed by atoms with Crippen LogP contribution in [0, 0.1) is 0 Å². The third-order valence-corrected chi connectivity index (χ3v) is 4.20. The Balaban J connectivity index is 2.28. The molecule has 0 saturated heterocycles. The number of hydrogen-bond acceptors (Lipinski definition) is 3. The Morgan fingerprint density at radius 3 is 2.19 bits per heavy atom. The van der Waals surface area contributed by atoms with Gasteiger partial charge in [-0.15, -0.1) is 0 Å². The summed E-state index contributed by atoms with van der Waals surface area (Å²) in [5.74, 6) is 0.534. The van der Waals surface area contributed by atoms with Gasteiger partial charge in [0.05, 0.1) is 23.3 Å². The average Bonchev–Trinajstić information content (AvgIpc) is 2.51. The summed E-state index contributed by atoms with van der Waals surface area (Å²) in [5.41, 5.74) is 7.46. The van der Waals surface area contributed by atoms with Gasteiger partial charge in [-0.3, -0.25) is 0 Å². The van der Waals surface area contributed by atoms with Gasteiger partial charge in [-0.05, 0) is 35.4 Å². The summed E-state index contributed by atoms with van der Waals surface area (Å²) >= 11 is 11.9. The van der Waals surface area contributed by atoms with Crippen LogP contribution in [0.5, 0.6) is 5.75 Å². The second-order valence-electron chi connectivity index (χ2n) is 4.73. The quantitative estimate of drug-likeness (QED) is 0.879. The van der Waals surface area contributed by atoms with Crippen molar-refractivity contribution in [1.82, 2.24) is 0 Å². The van der Waals surface area contributed by atoms with Crippen molar-refractivity contribution in [1.29, 1.82) is 0 Å². The third kappa shape index (κ3) is 3.69. The topological polar surface area (TPSA) is 55.5 Å². The van der Waals surface area contributed by atoms with Gasteiger partial charge in [0.25, 0.3) is 0 Å². The lowest BCUT2D eigenvalue weighted by Crippen LogP contribution is -2.20. The number of benzene rings is 2. The van der Waals surface area contributed by atoms with E-state index in [4.69, 9.17) is 33.7 Å². The summed E-state index contributed by atoms with van der Waals surface area (Å²) in [6.45, 7) is 0.313. The average molecular weight is 326 g/mol. The predicted molar refractivity (Wildman–Crippen MR) is 86.2 cm³/mol. The fourth-order valence-electron chi connectivity index (χ4n) is 2.23. The van der Waals surface area contributed by atoms with Crippen molar-refractivity contribution < 1.29 is 9.84 Å². The number of aliphatic hydroxyl groups excluding tert-OH is 1. The smallest absolute Gasteiger partial charge is 0.118 e. The van der Waals surface area contributed by atoms with E-state index in [1.54, 1.807) is 25.3 Å². The first kappa shape index (κ1) is 16.1. The molecule has 2 atom stereocenters. The molecule has 0 aromatic heterocycles. The third-order valence-electron chi connectivity index (χ3n) is 3.46. The zero-order chi connectivity index (χ0) is 15.4. The predicted octanol–water partition coefficient (Wildman–Crippen LogP) is 3.78. The number of halogens is 2. The molecular weight excluding hydrogens is 309 g/mol. The lowest BCUT2D eigenvalue weighted by Gasteiger charge is -2.23. The van der Waals surface area contributed by atoms with Gasteiger partial charge in [-0.2, -0.15) is 0 Å². The van der Waals surface area contributed by atoms with Crippen molar-refractivity contribution in [2.45, 2.75) is 12.0 Å². The van der Waals surface area contributed by atoms with E-state index < -0.39 is 6.10 Å². The van der Waals surface area contributed by atoms with Crippen molar-refractivity contribution in [3.8, 4) is 5.75 Å². The maximum atomic E-state index is 10.6. The molecule has 3 nitrogen and oxygen atoms in total. The molecule has 0 aliphatic carbocycles. The maximum absolute atomic E-state index is 10.6. The molecule has 0 aliphatic rings. The van der Waals surface area contributed by atoms with Crippen molar-refractivity contribution >= 4 is 23.2 Å². The highest BCUT2D eigenvalue weighted by atomic mass is 35.5. The van der Waals surface area contributed by atoms with E-state index in [0.717, 1.165) is 11.3 Å².